The number of ketones is 1. The molecule has 1 amide bonds. The zero-order chi connectivity index (χ0) is 24.2. The Labute approximate surface area is 199 Å². The molecule has 0 bridgehead atoms. The second-order valence-electron chi connectivity index (χ2n) is 8.12. The molecule has 1 saturated heterocycles. The van der Waals surface area contributed by atoms with Gasteiger partial charge in [0, 0.05) is 16.8 Å². The normalized spacial score (nSPS) is 17.1. The highest BCUT2D eigenvalue weighted by atomic mass is 16.5. The number of Topliss-reactive ketones (excluding diaryl/α,β-unsaturated/α-hetero) is 1. The Morgan fingerprint density at radius 3 is 2.44 bits per heavy atom. The minimum atomic E-state index is -0.862. The van der Waals surface area contributed by atoms with Crippen molar-refractivity contribution in [2.24, 2.45) is 0 Å². The Bertz CT molecular complexity index is 1250. The van der Waals surface area contributed by atoms with Crippen LogP contribution in [0.1, 0.15) is 36.1 Å². The number of aliphatic hydroxyl groups excluding tert-OH is 1. The van der Waals surface area contributed by atoms with E-state index in [4.69, 9.17) is 9.47 Å². The quantitative estimate of drug-likeness (QED) is 0.291. The van der Waals surface area contributed by atoms with Crippen LogP contribution in [0.3, 0.4) is 0 Å². The summed E-state index contributed by atoms with van der Waals surface area (Å²) in [5.74, 6) is -0.635. The first-order chi connectivity index (χ1) is 16.5. The molecule has 0 spiro atoms. The Kier molecular flexibility index (Phi) is 6.68. The summed E-state index contributed by atoms with van der Waals surface area (Å²) >= 11 is 0. The number of benzene rings is 3. The van der Waals surface area contributed by atoms with Gasteiger partial charge in [-0.3, -0.25) is 14.5 Å². The zero-order valence-electron chi connectivity index (χ0n) is 19.4. The molecule has 0 aliphatic carbocycles. The second kappa shape index (κ2) is 9.83. The van der Waals surface area contributed by atoms with Crippen LogP contribution in [0.4, 0.5) is 5.69 Å². The van der Waals surface area contributed by atoms with Crippen LogP contribution in [0.15, 0.2) is 78.4 Å². The number of carbonyl (C=O) groups excluding carboxylic acids is 2. The van der Waals surface area contributed by atoms with E-state index in [-0.39, 0.29) is 11.3 Å². The van der Waals surface area contributed by atoms with E-state index in [9.17, 15) is 14.7 Å². The van der Waals surface area contributed by atoms with Gasteiger partial charge in [-0.2, -0.15) is 0 Å². The summed E-state index contributed by atoms with van der Waals surface area (Å²) in [6, 6.07) is 20.6. The highest BCUT2D eigenvalue weighted by molar-refractivity contribution is 6.51. The van der Waals surface area contributed by atoms with E-state index in [1.807, 2.05) is 38.1 Å². The second-order valence-corrected chi connectivity index (χ2v) is 8.12. The molecule has 3 aromatic rings. The minimum Gasteiger partial charge on any atom is -0.507 e. The Hall–Kier alpha value is -4.06. The number of para-hydroxylation sites is 1. The van der Waals surface area contributed by atoms with Gasteiger partial charge in [0.25, 0.3) is 11.7 Å². The van der Waals surface area contributed by atoms with E-state index in [2.05, 4.69) is 0 Å². The molecule has 0 radical (unpaired) electrons. The Morgan fingerprint density at radius 1 is 1.00 bits per heavy atom. The third-order valence-electron chi connectivity index (χ3n) is 5.77. The van der Waals surface area contributed by atoms with E-state index in [0.717, 1.165) is 12.0 Å². The predicted molar refractivity (Wildman–Crippen MR) is 131 cm³/mol. The third-order valence-corrected chi connectivity index (χ3v) is 5.77. The fraction of sp³-hybridized carbons (Fsp3) is 0.214. The SMILES string of the molecule is CCCOc1cccc(/C(O)=C2/C(=O)C(=O)N(c3ccc(C)cc3)C2c2ccccc2OC)c1. The molecule has 1 N–H and O–H groups in total. The van der Waals surface area contributed by atoms with E-state index in [1.165, 1.54) is 12.0 Å². The number of aliphatic hydroxyl groups is 1. The molecular weight excluding hydrogens is 430 g/mol. The smallest absolute Gasteiger partial charge is 0.300 e. The van der Waals surface area contributed by atoms with E-state index in [0.29, 0.717) is 34.9 Å². The van der Waals surface area contributed by atoms with Gasteiger partial charge < -0.3 is 14.6 Å². The number of carbonyl (C=O) groups is 2. The summed E-state index contributed by atoms with van der Waals surface area (Å²) < 4.78 is 11.2. The molecule has 1 fully saturated rings. The topological polar surface area (TPSA) is 76.1 Å². The molecular formula is C28H27NO5. The molecule has 4 rings (SSSR count). The number of amides is 1. The molecule has 1 atom stereocenters. The number of ether oxygens (including phenoxy) is 2. The molecule has 6 nitrogen and oxygen atoms in total. The first-order valence-electron chi connectivity index (χ1n) is 11.2. The number of hydrogen-bond donors (Lipinski definition) is 1. The number of aryl methyl sites for hydroxylation is 1. The molecule has 6 heteroatoms. The van der Waals surface area contributed by atoms with Crippen LogP contribution in [0.25, 0.3) is 5.76 Å². The average molecular weight is 458 g/mol. The lowest BCUT2D eigenvalue weighted by Crippen LogP contribution is -2.29. The fourth-order valence-corrected chi connectivity index (χ4v) is 4.10. The van der Waals surface area contributed by atoms with Crippen molar-refractivity contribution in [2.45, 2.75) is 26.3 Å². The van der Waals surface area contributed by atoms with Crippen LogP contribution in [-0.4, -0.2) is 30.5 Å². The van der Waals surface area contributed by atoms with Crippen molar-refractivity contribution in [1.82, 2.24) is 0 Å². The van der Waals surface area contributed by atoms with Crippen LogP contribution < -0.4 is 14.4 Å². The van der Waals surface area contributed by atoms with Gasteiger partial charge in [-0.15, -0.1) is 0 Å². The highest BCUT2D eigenvalue weighted by Gasteiger charge is 2.47. The van der Waals surface area contributed by atoms with Gasteiger partial charge in [0.05, 0.1) is 25.3 Å². The van der Waals surface area contributed by atoms with E-state index >= 15 is 0 Å². The van der Waals surface area contributed by atoms with Crippen LogP contribution in [0.2, 0.25) is 0 Å². The number of nitrogens with zero attached hydrogens (tertiary/aromatic N) is 1. The van der Waals surface area contributed by atoms with Gasteiger partial charge in [0.1, 0.15) is 17.3 Å². The molecule has 1 unspecified atom stereocenters. The number of methoxy groups -OCH3 is 1. The largest absolute Gasteiger partial charge is 0.507 e. The maximum absolute atomic E-state index is 13.3. The van der Waals surface area contributed by atoms with Gasteiger partial charge in [0.2, 0.25) is 0 Å². The summed E-state index contributed by atoms with van der Waals surface area (Å²) in [4.78, 5) is 28.0. The highest BCUT2D eigenvalue weighted by Crippen LogP contribution is 2.45. The summed E-state index contributed by atoms with van der Waals surface area (Å²) in [7, 11) is 1.53. The monoisotopic (exact) mass is 457 g/mol. The van der Waals surface area contributed by atoms with Crippen molar-refractivity contribution >= 4 is 23.1 Å². The standard InChI is InChI=1S/C28H27NO5/c1-4-16-34-21-9-7-8-19(17-21)26(30)24-25(22-10-5-6-11-23(22)33-3)29(28(32)27(24)31)20-14-12-18(2)13-15-20/h5-15,17,25,30H,4,16H2,1-3H3/b26-24-. The summed E-state index contributed by atoms with van der Waals surface area (Å²) in [6.45, 7) is 4.48. The molecule has 1 heterocycles. The summed E-state index contributed by atoms with van der Waals surface area (Å²) in [5.41, 5.74) is 2.59. The minimum absolute atomic E-state index is 0.00252. The van der Waals surface area contributed by atoms with Crippen molar-refractivity contribution in [1.29, 1.82) is 0 Å². The van der Waals surface area contributed by atoms with Gasteiger partial charge in [-0.05, 0) is 43.7 Å². The lowest BCUT2D eigenvalue weighted by Gasteiger charge is -2.26. The first kappa shape index (κ1) is 23.1. The molecule has 34 heavy (non-hydrogen) atoms. The van der Waals surface area contributed by atoms with Gasteiger partial charge in [0.15, 0.2) is 0 Å². The van der Waals surface area contributed by atoms with Crippen LogP contribution in [0.5, 0.6) is 11.5 Å². The van der Waals surface area contributed by atoms with Crippen LogP contribution >= 0.6 is 0 Å². The van der Waals surface area contributed by atoms with Crippen molar-refractivity contribution in [3.63, 3.8) is 0 Å². The maximum atomic E-state index is 13.3. The molecule has 0 aromatic heterocycles. The molecule has 0 saturated carbocycles. The number of hydrogen-bond acceptors (Lipinski definition) is 5. The molecule has 174 valence electrons. The maximum Gasteiger partial charge on any atom is 0.300 e. The van der Waals surface area contributed by atoms with E-state index in [1.54, 1.807) is 48.5 Å². The van der Waals surface area contributed by atoms with Crippen molar-refractivity contribution < 1.29 is 24.2 Å². The lowest BCUT2D eigenvalue weighted by atomic mass is 9.94. The van der Waals surface area contributed by atoms with Crippen LogP contribution in [-0.2, 0) is 9.59 Å². The van der Waals surface area contributed by atoms with Crippen molar-refractivity contribution in [2.75, 3.05) is 18.6 Å². The van der Waals surface area contributed by atoms with Crippen molar-refractivity contribution in [3.8, 4) is 11.5 Å². The average Bonchev–Trinajstić information content (AvgIpc) is 3.13. The molecule has 3 aromatic carbocycles. The summed E-state index contributed by atoms with van der Waals surface area (Å²) in [6.07, 6.45) is 0.839. The lowest BCUT2D eigenvalue weighted by molar-refractivity contribution is -0.132. The van der Waals surface area contributed by atoms with Crippen LogP contribution in [0, 0.1) is 6.92 Å². The number of rotatable bonds is 7. The molecule has 1 aliphatic rings. The predicted octanol–water partition coefficient (Wildman–Crippen LogP) is 5.42. The Balaban J connectivity index is 1.92. The first-order valence-corrected chi connectivity index (χ1v) is 11.2. The fourth-order valence-electron chi connectivity index (χ4n) is 4.10. The number of anilines is 1. The third kappa shape index (κ3) is 4.27. The van der Waals surface area contributed by atoms with Gasteiger partial charge in [-0.1, -0.05) is 55.0 Å². The summed E-state index contributed by atoms with van der Waals surface area (Å²) in [5, 5.41) is 11.3. The van der Waals surface area contributed by atoms with E-state index < -0.39 is 17.7 Å². The van der Waals surface area contributed by atoms with Gasteiger partial charge >= 0.3 is 0 Å². The van der Waals surface area contributed by atoms with Gasteiger partial charge in [-0.25, -0.2) is 0 Å². The molecule has 1 aliphatic heterocycles. The Morgan fingerprint density at radius 2 is 1.74 bits per heavy atom. The van der Waals surface area contributed by atoms with Crippen molar-refractivity contribution in [3.05, 3.63) is 95.1 Å². The zero-order valence-corrected chi connectivity index (χ0v) is 19.4.